The van der Waals surface area contributed by atoms with Crippen LogP contribution in [0.1, 0.15) is 56.1 Å². The Balaban J connectivity index is 1.46. The average Bonchev–Trinajstić information content (AvgIpc) is 3.55. The van der Waals surface area contributed by atoms with E-state index in [1.807, 2.05) is 30.3 Å². The van der Waals surface area contributed by atoms with E-state index in [4.69, 9.17) is 0 Å². The van der Waals surface area contributed by atoms with Crippen LogP contribution in [0, 0.1) is 17.6 Å². The summed E-state index contributed by atoms with van der Waals surface area (Å²) in [6.07, 6.45) is 2.78. The van der Waals surface area contributed by atoms with Crippen LogP contribution in [-0.2, 0) is 9.59 Å². The summed E-state index contributed by atoms with van der Waals surface area (Å²) in [5, 5.41) is 9.05. The number of rotatable bonds is 14. The molecule has 0 saturated carbocycles. The largest absolute Gasteiger partial charge is 0.376 e. The number of imide groups is 1. The molecule has 0 aliphatic carbocycles. The van der Waals surface area contributed by atoms with Gasteiger partial charge in [0.25, 0.3) is 5.91 Å². The summed E-state index contributed by atoms with van der Waals surface area (Å²) < 4.78 is 27.2. The molecule has 228 valence electrons. The molecule has 7 nitrogen and oxygen atoms in total. The first kappa shape index (κ1) is 31.8. The fourth-order valence-corrected chi connectivity index (χ4v) is 5.73. The minimum Gasteiger partial charge on any atom is -0.376 e. The van der Waals surface area contributed by atoms with E-state index in [0.29, 0.717) is 45.3 Å². The fourth-order valence-electron chi connectivity index (χ4n) is 5.73. The lowest BCUT2D eigenvalue weighted by atomic mass is 9.86. The van der Waals surface area contributed by atoms with Crippen molar-refractivity contribution in [3.8, 4) is 0 Å². The fraction of sp³-hybridized carbons (Fsp3) is 0.382. The van der Waals surface area contributed by atoms with Gasteiger partial charge in [0, 0.05) is 37.0 Å². The third-order valence-electron chi connectivity index (χ3n) is 7.90. The number of nitrogens with one attached hydrogen (secondary N) is 3. The molecule has 43 heavy (non-hydrogen) atoms. The summed E-state index contributed by atoms with van der Waals surface area (Å²) in [6, 6.07) is 20.4. The van der Waals surface area contributed by atoms with Crippen LogP contribution in [-0.4, -0.2) is 54.8 Å². The van der Waals surface area contributed by atoms with Crippen LogP contribution in [0.4, 0.5) is 19.3 Å². The van der Waals surface area contributed by atoms with Crippen LogP contribution in [0.25, 0.3) is 0 Å². The molecule has 1 saturated heterocycles. The second kappa shape index (κ2) is 15.9. The predicted octanol–water partition coefficient (Wildman–Crippen LogP) is 5.87. The number of ketones is 1. The number of hydrogen-bond acceptors (Lipinski definition) is 5. The van der Waals surface area contributed by atoms with E-state index in [9.17, 15) is 23.2 Å². The molecule has 1 aliphatic rings. The van der Waals surface area contributed by atoms with Crippen LogP contribution >= 0.6 is 0 Å². The highest BCUT2D eigenvalue weighted by Crippen LogP contribution is 2.31. The van der Waals surface area contributed by atoms with E-state index < -0.39 is 18.0 Å². The molecular weight excluding hydrogens is 550 g/mol. The molecule has 3 aromatic carbocycles. The van der Waals surface area contributed by atoms with Crippen LogP contribution in [0.15, 0.2) is 78.9 Å². The van der Waals surface area contributed by atoms with Crippen molar-refractivity contribution < 1.29 is 23.2 Å². The molecule has 0 radical (unpaired) electrons. The minimum absolute atomic E-state index is 0.0939. The number of amides is 3. The van der Waals surface area contributed by atoms with E-state index in [0.717, 1.165) is 21.7 Å². The molecule has 3 amide bonds. The second-order valence-corrected chi connectivity index (χ2v) is 10.9. The quantitative estimate of drug-likeness (QED) is 0.204. The molecule has 2 atom stereocenters. The zero-order valence-electron chi connectivity index (χ0n) is 24.5. The molecule has 0 aromatic heterocycles. The smallest absolute Gasteiger partial charge is 0.324 e. The number of benzene rings is 3. The molecule has 0 spiro atoms. The van der Waals surface area contributed by atoms with E-state index >= 15 is 0 Å². The molecular formula is C34H40F2N4O3. The maximum Gasteiger partial charge on any atom is 0.324 e. The highest BCUT2D eigenvalue weighted by atomic mass is 19.1. The van der Waals surface area contributed by atoms with Gasteiger partial charge in [0.2, 0.25) is 0 Å². The summed E-state index contributed by atoms with van der Waals surface area (Å²) in [5.74, 6) is -1.54. The van der Waals surface area contributed by atoms with Crippen LogP contribution < -0.4 is 16.0 Å². The number of Topliss-reactive ketones (excluding diaryl/α,β-unsaturated/α-hetero) is 1. The normalized spacial score (nSPS) is 15.2. The van der Waals surface area contributed by atoms with Gasteiger partial charge in [0.15, 0.2) is 5.78 Å². The summed E-state index contributed by atoms with van der Waals surface area (Å²) in [5.41, 5.74) is 2.57. The van der Waals surface area contributed by atoms with E-state index in [2.05, 4.69) is 16.0 Å². The monoisotopic (exact) mass is 590 g/mol. The van der Waals surface area contributed by atoms with Gasteiger partial charge >= 0.3 is 6.03 Å². The van der Waals surface area contributed by atoms with E-state index in [1.54, 1.807) is 31.2 Å². The van der Waals surface area contributed by atoms with Gasteiger partial charge in [0.05, 0.1) is 6.54 Å². The maximum absolute atomic E-state index is 13.8. The van der Waals surface area contributed by atoms with E-state index in [1.165, 1.54) is 24.3 Å². The summed E-state index contributed by atoms with van der Waals surface area (Å²) >= 11 is 0. The highest BCUT2D eigenvalue weighted by Gasteiger charge is 2.40. The summed E-state index contributed by atoms with van der Waals surface area (Å²) in [6.45, 7) is 3.23. The molecule has 2 unspecified atom stereocenters. The van der Waals surface area contributed by atoms with Crippen molar-refractivity contribution in [2.24, 2.45) is 5.92 Å². The second-order valence-electron chi connectivity index (χ2n) is 10.9. The van der Waals surface area contributed by atoms with Crippen LogP contribution in [0.2, 0.25) is 0 Å². The Bertz CT molecular complexity index is 1280. The number of hydrogen-bond donors (Lipinski definition) is 3. The number of carbonyl (C=O) groups is 3. The molecule has 1 aliphatic heterocycles. The van der Waals surface area contributed by atoms with Crippen molar-refractivity contribution in [3.05, 3.63) is 102 Å². The molecule has 3 aromatic rings. The van der Waals surface area contributed by atoms with Crippen molar-refractivity contribution >= 4 is 23.4 Å². The first-order valence-corrected chi connectivity index (χ1v) is 15.0. The molecule has 3 N–H and O–H groups in total. The third-order valence-corrected chi connectivity index (χ3v) is 7.90. The minimum atomic E-state index is -0.878. The van der Waals surface area contributed by atoms with E-state index in [-0.39, 0.29) is 42.2 Å². The van der Waals surface area contributed by atoms with Gasteiger partial charge in [-0.15, -0.1) is 0 Å². The van der Waals surface area contributed by atoms with Gasteiger partial charge in [-0.25, -0.2) is 13.6 Å². The SMILES string of the molecule is CCNC(=O)N(C(=O)CNc1ccccc1)C(C(=O)CCCCC(c1ccc(F)cc1)c1ccc(F)cc1)C1CCNC1. The zero-order valence-corrected chi connectivity index (χ0v) is 24.5. The summed E-state index contributed by atoms with van der Waals surface area (Å²) in [7, 11) is 0. The average molecular weight is 591 g/mol. The van der Waals surface area contributed by atoms with Gasteiger partial charge in [-0.05, 0) is 80.3 Å². The Hall–Kier alpha value is -4.11. The zero-order chi connectivity index (χ0) is 30.6. The number of nitrogens with zero attached hydrogens (tertiary/aromatic N) is 1. The first-order valence-electron chi connectivity index (χ1n) is 15.0. The number of para-hydroxylation sites is 1. The Labute approximate surface area is 252 Å². The molecule has 4 rings (SSSR count). The standard InChI is InChI=1S/C34H40F2N4O3/c1-2-38-34(43)40(32(42)23-39-29-8-4-3-5-9-29)33(26-20-21-37-22-26)31(41)11-7-6-10-30(24-12-16-27(35)17-13-24)25-14-18-28(36)19-15-25/h3-5,8-9,12-19,26,30,33,37,39H,2,6-7,10-11,20-23H2,1H3,(H,38,43). The number of carbonyl (C=O) groups excluding carboxylic acids is 3. The number of halogens is 2. The maximum atomic E-state index is 13.8. The first-order chi connectivity index (χ1) is 20.9. The van der Waals surface area contributed by atoms with Crippen molar-refractivity contribution in [1.82, 2.24) is 15.5 Å². The molecule has 1 fully saturated rings. The molecule has 9 heteroatoms. The van der Waals surface area contributed by atoms with Crippen molar-refractivity contribution in [3.63, 3.8) is 0 Å². The Morgan fingerprint density at radius 3 is 2.09 bits per heavy atom. The Morgan fingerprint density at radius 1 is 0.907 bits per heavy atom. The third kappa shape index (κ3) is 8.94. The molecule has 1 heterocycles. The van der Waals surface area contributed by atoms with Gasteiger partial charge in [-0.1, -0.05) is 48.9 Å². The van der Waals surface area contributed by atoms with Gasteiger partial charge < -0.3 is 16.0 Å². The van der Waals surface area contributed by atoms with Crippen molar-refractivity contribution in [1.29, 1.82) is 0 Å². The number of unbranched alkanes of at least 4 members (excludes halogenated alkanes) is 1. The van der Waals surface area contributed by atoms with Crippen molar-refractivity contribution in [2.75, 3.05) is 31.5 Å². The number of anilines is 1. The van der Waals surface area contributed by atoms with Gasteiger partial charge in [0.1, 0.15) is 17.7 Å². The van der Waals surface area contributed by atoms with Gasteiger partial charge in [-0.2, -0.15) is 0 Å². The lowest BCUT2D eigenvalue weighted by Gasteiger charge is -2.33. The Morgan fingerprint density at radius 2 is 1.53 bits per heavy atom. The lowest BCUT2D eigenvalue weighted by Crippen LogP contribution is -2.57. The predicted molar refractivity (Wildman–Crippen MR) is 164 cm³/mol. The van der Waals surface area contributed by atoms with Gasteiger partial charge in [-0.3, -0.25) is 14.5 Å². The number of urea groups is 1. The molecule has 0 bridgehead atoms. The van der Waals surface area contributed by atoms with Crippen LogP contribution in [0.3, 0.4) is 0 Å². The topological polar surface area (TPSA) is 90.5 Å². The Kier molecular flexibility index (Phi) is 11.8. The van der Waals surface area contributed by atoms with Crippen LogP contribution in [0.5, 0.6) is 0 Å². The highest BCUT2D eigenvalue weighted by molar-refractivity contribution is 6.01. The summed E-state index contributed by atoms with van der Waals surface area (Å²) in [4.78, 5) is 41.7. The lowest BCUT2D eigenvalue weighted by molar-refractivity contribution is -0.136. The van der Waals surface area contributed by atoms with Crippen molar-refractivity contribution in [2.45, 2.75) is 51.0 Å².